The van der Waals surface area contributed by atoms with E-state index in [1.165, 1.54) is 4.90 Å². The molecule has 1 aromatic rings. The quantitative estimate of drug-likeness (QED) is 0.847. The van der Waals surface area contributed by atoms with Crippen molar-refractivity contribution < 1.29 is 23.8 Å². The molecule has 1 heterocycles. The van der Waals surface area contributed by atoms with Crippen molar-refractivity contribution in [3.63, 3.8) is 0 Å². The van der Waals surface area contributed by atoms with Crippen LogP contribution in [0, 0.1) is 0 Å². The number of carbonyl (C=O) groups is 2. The molecule has 0 radical (unpaired) electrons. The standard InChI is InChI=1S/C17H20FNO4/c1-12(2)6-9-23-14-5-3-4-13(10-14)15(20)19-8-7-17(18,11-19)16(21)22/h3-6,10H,7-9,11H2,1-2H3,(H,21,22). The Hall–Kier alpha value is -2.37. The molecule has 1 aromatic carbocycles. The van der Waals surface area contributed by atoms with Crippen LogP contribution in [-0.2, 0) is 4.79 Å². The van der Waals surface area contributed by atoms with Crippen LogP contribution < -0.4 is 4.74 Å². The van der Waals surface area contributed by atoms with Crippen molar-refractivity contribution in [2.24, 2.45) is 0 Å². The monoisotopic (exact) mass is 321 g/mol. The first kappa shape index (κ1) is 17.0. The molecule has 1 unspecified atom stereocenters. The van der Waals surface area contributed by atoms with Crippen LogP contribution in [0.25, 0.3) is 0 Å². The fraction of sp³-hybridized carbons (Fsp3) is 0.412. The van der Waals surface area contributed by atoms with Crippen molar-refractivity contribution in [2.75, 3.05) is 19.7 Å². The molecule has 1 amide bonds. The molecule has 1 fully saturated rings. The molecule has 2 rings (SSSR count). The molecule has 0 aliphatic carbocycles. The van der Waals surface area contributed by atoms with E-state index >= 15 is 0 Å². The molecule has 1 aliphatic heterocycles. The highest BCUT2D eigenvalue weighted by Crippen LogP contribution is 2.27. The van der Waals surface area contributed by atoms with Crippen LogP contribution >= 0.6 is 0 Å². The molecule has 1 N–H and O–H groups in total. The van der Waals surface area contributed by atoms with Gasteiger partial charge in [-0.15, -0.1) is 0 Å². The summed E-state index contributed by atoms with van der Waals surface area (Å²) in [5.41, 5.74) is -0.871. The summed E-state index contributed by atoms with van der Waals surface area (Å²) in [4.78, 5) is 24.5. The molecule has 23 heavy (non-hydrogen) atoms. The van der Waals surface area contributed by atoms with E-state index in [4.69, 9.17) is 9.84 Å². The Bertz CT molecular complexity index is 639. The van der Waals surface area contributed by atoms with Gasteiger partial charge < -0.3 is 14.7 Å². The number of carboxylic acid groups (broad SMARTS) is 1. The lowest BCUT2D eigenvalue weighted by atomic mass is 10.1. The third kappa shape index (κ3) is 4.09. The fourth-order valence-electron chi connectivity index (χ4n) is 2.33. The molecule has 5 nitrogen and oxygen atoms in total. The topological polar surface area (TPSA) is 66.8 Å². The number of aliphatic carboxylic acids is 1. The number of benzene rings is 1. The lowest BCUT2D eigenvalue weighted by molar-refractivity contribution is -0.149. The van der Waals surface area contributed by atoms with Crippen molar-refractivity contribution in [3.05, 3.63) is 41.5 Å². The van der Waals surface area contributed by atoms with Gasteiger partial charge in [-0.3, -0.25) is 4.79 Å². The van der Waals surface area contributed by atoms with Gasteiger partial charge in [0, 0.05) is 18.5 Å². The maximum atomic E-state index is 14.1. The highest BCUT2D eigenvalue weighted by molar-refractivity contribution is 5.95. The van der Waals surface area contributed by atoms with Gasteiger partial charge in [0.1, 0.15) is 12.4 Å². The number of hydrogen-bond donors (Lipinski definition) is 1. The van der Waals surface area contributed by atoms with Crippen LogP contribution in [0.3, 0.4) is 0 Å². The van der Waals surface area contributed by atoms with Crippen LogP contribution in [0.2, 0.25) is 0 Å². The number of rotatable bonds is 5. The van der Waals surface area contributed by atoms with Crippen molar-refractivity contribution in [2.45, 2.75) is 25.9 Å². The second kappa shape index (κ2) is 6.81. The molecule has 1 saturated heterocycles. The van der Waals surface area contributed by atoms with Crippen molar-refractivity contribution in [3.8, 4) is 5.75 Å². The van der Waals surface area contributed by atoms with Crippen LogP contribution in [0.1, 0.15) is 30.6 Å². The predicted octanol–water partition coefficient (Wildman–Crippen LogP) is 2.67. The predicted molar refractivity (Wildman–Crippen MR) is 83.4 cm³/mol. The molecule has 0 spiro atoms. The molecular weight excluding hydrogens is 301 g/mol. The van der Waals surface area contributed by atoms with Gasteiger partial charge in [0.2, 0.25) is 5.67 Å². The number of carboxylic acids is 1. The van der Waals surface area contributed by atoms with E-state index in [0.29, 0.717) is 17.9 Å². The highest BCUT2D eigenvalue weighted by atomic mass is 19.1. The number of ether oxygens (including phenoxy) is 1. The van der Waals surface area contributed by atoms with E-state index in [2.05, 4.69) is 0 Å². The first-order chi connectivity index (χ1) is 10.8. The second-order valence-corrected chi connectivity index (χ2v) is 5.87. The van der Waals surface area contributed by atoms with Crippen LogP contribution in [-0.4, -0.2) is 47.2 Å². The number of alkyl halides is 1. The Balaban J connectivity index is 2.06. The normalized spacial score (nSPS) is 20.2. The van der Waals surface area contributed by atoms with Crippen LogP contribution in [0.4, 0.5) is 4.39 Å². The molecule has 0 aromatic heterocycles. The van der Waals surface area contributed by atoms with Crippen molar-refractivity contribution in [1.82, 2.24) is 4.90 Å². The van der Waals surface area contributed by atoms with E-state index in [9.17, 15) is 14.0 Å². The molecule has 6 heteroatoms. The zero-order chi connectivity index (χ0) is 17.0. The average Bonchev–Trinajstić information content (AvgIpc) is 2.90. The summed E-state index contributed by atoms with van der Waals surface area (Å²) in [6.07, 6.45) is 1.73. The molecule has 0 saturated carbocycles. The second-order valence-electron chi connectivity index (χ2n) is 5.87. The number of carbonyl (C=O) groups excluding carboxylic acids is 1. The minimum absolute atomic E-state index is 0.0878. The third-order valence-electron chi connectivity index (χ3n) is 3.71. The number of hydrogen-bond acceptors (Lipinski definition) is 3. The number of nitrogens with zero attached hydrogens (tertiary/aromatic N) is 1. The van der Waals surface area contributed by atoms with Gasteiger partial charge in [-0.2, -0.15) is 0 Å². The third-order valence-corrected chi connectivity index (χ3v) is 3.71. The van der Waals surface area contributed by atoms with Crippen LogP contribution in [0.5, 0.6) is 5.75 Å². The van der Waals surface area contributed by atoms with Gasteiger partial charge in [-0.25, -0.2) is 9.18 Å². The smallest absolute Gasteiger partial charge is 0.343 e. The number of halogens is 1. The summed E-state index contributed by atoms with van der Waals surface area (Å²) in [5.74, 6) is -1.37. The van der Waals surface area contributed by atoms with Gasteiger partial charge in [-0.05, 0) is 38.1 Å². The Morgan fingerprint density at radius 3 is 2.78 bits per heavy atom. The van der Waals surface area contributed by atoms with Gasteiger partial charge in [-0.1, -0.05) is 11.6 Å². The number of likely N-dealkylation sites (tertiary alicyclic amines) is 1. The van der Waals surface area contributed by atoms with Gasteiger partial charge >= 0.3 is 5.97 Å². The van der Waals surface area contributed by atoms with Crippen LogP contribution in [0.15, 0.2) is 35.9 Å². The zero-order valence-corrected chi connectivity index (χ0v) is 13.2. The fourth-order valence-corrected chi connectivity index (χ4v) is 2.33. The Morgan fingerprint density at radius 1 is 1.43 bits per heavy atom. The van der Waals surface area contributed by atoms with Gasteiger partial charge in [0.05, 0.1) is 6.54 Å². The molecule has 124 valence electrons. The summed E-state index contributed by atoms with van der Waals surface area (Å²) in [6.45, 7) is 3.98. The van der Waals surface area contributed by atoms with Crippen molar-refractivity contribution in [1.29, 1.82) is 0 Å². The lowest BCUT2D eigenvalue weighted by Gasteiger charge is -2.18. The van der Waals surface area contributed by atoms with E-state index < -0.39 is 24.1 Å². The number of amides is 1. The van der Waals surface area contributed by atoms with E-state index in [0.717, 1.165) is 5.57 Å². The summed E-state index contributed by atoms with van der Waals surface area (Å²) in [5, 5.41) is 8.89. The first-order valence-electron chi connectivity index (χ1n) is 7.40. The van der Waals surface area contributed by atoms with E-state index in [-0.39, 0.29) is 13.0 Å². The van der Waals surface area contributed by atoms with Crippen molar-refractivity contribution >= 4 is 11.9 Å². The molecule has 1 aliphatic rings. The van der Waals surface area contributed by atoms with Gasteiger partial charge in [0.25, 0.3) is 5.91 Å². The summed E-state index contributed by atoms with van der Waals surface area (Å²) >= 11 is 0. The lowest BCUT2D eigenvalue weighted by Crippen LogP contribution is -2.38. The molecule has 0 bridgehead atoms. The summed E-state index contributed by atoms with van der Waals surface area (Å²) in [6, 6.07) is 6.60. The van der Waals surface area contributed by atoms with E-state index in [1.54, 1.807) is 24.3 Å². The van der Waals surface area contributed by atoms with E-state index in [1.807, 2.05) is 19.9 Å². The first-order valence-corrected chi connectivity index (χ1v) is 7.40. The Morgan fingerprint density at radius 2 is 2.17 bits per heavy atom. The molecule has 1 atom stereocenters. The SMILES string of the molecule is CC(C)=CCOc1cccc(C(=O)N2CCC(F)(C(=O)O)C2)c1. The number of allylic oxidation sites excluding steroid dienone is 1. The maximum Gasteiger partial charge on any atom is 0.343 e. The average molecular weight is 321 g/mol. The minimum Gasteiger partial charge on any atom is -0.490 e. The zero-order valence-electron chi connectivity index (χ0n) is 13.2. The largest absolute Gasteiger partial charge is 0.490 e. The summed E-state index contributed by atoms with van der Waals surface area (Å²) in [7, 11) is 0. The summed E-state index contributed by atoms with van der Waals surface area (Å²) < 4.78 is 19.6. The Labute approximate surface area is 134 Å². The molecular formula is C17H20FNO4. The minimum atomic E-state index is -2.35. The highest BCUT2D eigenvalue weighted by Gasteiger charge is 2.46. The Kier molecular flexibility index (Phi) is 5.03. The maximum absolute atomic E-state index is 14.1. The van der Waals surface area contributed by atoms with Gasteiger partial charge in [0.15, 0.2) is 0 Å².